The van der Waals surface area contributed by atoms with Gasteiger partial charge in [-0.3, -0.25) is 10.1 Å². The van der Waals surface area contributed by atoms with Gasteiger partial charge in [0.05, 0.1) is 31.8 Å². The van der Waals surface area contributed by atoms with E-state index in [9.17, 15) is 10.1 Å². The van der Waals surface area contributed by atoms with Crippen molar-refractivity contribution in [3.05, 3.63) is 62.9 Å². The van der Waals surface area contributed by atoms with E-state index in [0.717, 1.165) is 0 Å². The number of nitrogens with one attached hydrogen (secondary N) is 1. The van der Waals surface area contributed by atoms with Gasteiger partial charge >= 0.3 is 0 Å². The molecular weight excluding hydrogens is 422 g/mol. The lowest BCUT2D eigenvalue weighted by atomic mass is 10.1. The topological polar surface area (TPSA) is 117 Å². The lowest BCUT2D eigenvalue weighted by Gasteiger charge is -2.13. The zero-order chi connectivity index (χ0) is 22.4. The molecule has 0 fully saturated rings. The zero-order valence-corrected chi connectivity index (χ0v) is 17.8. The summed E-state index contributed by atoms with van der Waals surface area (Å²) in [6.07, 6.45) is 4.63. The molecule has 0 aliphatic rings. The van der Waals surface area contributed by atoms with Crippen LogP contribution in [0.15, 0.2) is 47.6 Å². The van der Waals surface area contributed by atoms with E-state index >= 15 is 0 Å². The molecule has 2 aromatic carbocycles. The van der Waals surface area contributed by atoms with Gasteiger partial charge in [-0.1, -0.05) is 12.1 Å². The normalized spacial score (nSPS) is 11.2. The minimum Gasteiger partial charge on any atom is -0.493 e. The van der Waals surface area contributed by atoms with E-state index < -0.39 is 4.92 Å². The standard InChI is InChI=1S/C20H19N5O5S/c1-28-16-11-14(12-17(29-2)18(16)30-3)19-22-23-20(31)24(19)21-10-6-8-13-7-4-5-9-15(13)25(26)27/h4-12H,1-3H3,(H,23,31)/b8-6+,21-10+. The van der Waals surface area contributed by atoms with Crippen molar-refractivity contribution in [2.45, 2.75) is 0 Å². The third-order valence-electron chi connectivity index (χ3n) is 4.25. The first kappa shape index (κ1) is 21.7. The maximum atomic E-state index is 11.1. The molecule has 0 aliphatic heterocycles. The van der Waals surface area contributed by atoms with Crippen molar-refractivity contribution in [1.82, 2.24) is 14.9 Å². The molecule has 0 atom stereocenters. The second kappa shape index (κ2) is 9.67. The molecule has 0 saturated heterocycles. The lowest BCUT2D eigenvalue weighted by molar-refractivity contribution is -0.385. The fourth-order valence-electron chi connectivity index (χ4n) is 2.84. The molecule has 160 valence electrons. The predicted molar refractivity (Wildman–Crippen MR) is 119 cm³/mol. The van der Waals surface area contributed by atoms with Gasteiger partial charge in [0.25, 0.3) is 5.69 Å². The Morgan fingerprint density at radius 3 is 2.45 bits per heavy atom. The summed E-state index contributed by atoms with van der Waals surface area (Å²) in [7, 11) is 4.55. The van der Waals surface area contributed by atoms with E-state index in [2.05, 4.69) is 15.3 Å². The number of aromatic amines is 1. The maximum absolute atomic E-state index is 11.1. The fraction of sp³-hybridized carbons (Fsp3) is 0.150. The predicted octanol–water partition coefficient (Wildman–Crippen LogP) is 4.09. The number of hydrogen-bond donors (Lipinski definition) is 1. The lowest BCUT2D eigenvalue weighted by Crippen LogP contribution is -1.98. The molecule has 1 aromatic heterocycles. The molecule has 0 spiro atoms. The smallest absolute Gasteiger partial charge is 0.276 e. The van der Waals surface area contributed by atoms with Gasteiger partial charge in [0.1, 0.15) is 0 Å². The van der Waals surface area contributed by atoms with E-state index in [-0.39, 0.29) is 10.5 Å². The third-order valence-corrected chi connectivity index (χ3v) is 4.52. The van der Waals surface area contributed by atoms with Crippen molar-refractivity contribution < 1.29 is 19.1 Å². The molecule has 0 amide bonds. The Kier molecular flexibility index (Phi) is 6.78. The Morgan fingerprint density at radius 2 is 1.84 bits per heavy atom. The number of benzene rings is 2. The molecule has 0 aliphatic carbocycles. The molecule has 0 radical (unpaired) electrons. The highest BCUT2D eigenvalue weighted by Gasteiger charge is 2.17. The largest absolute Gasteiger partial charge is 0.493 e. The first-order chi connectivity index (χ1) is 15.0. The van der Waals surface area contributed by atoms with E-state index in [1.807, 2.05) is 0 Å². The number of rotatable bonds is 8. The maximum Gasteiger partial charge on any atom is 0.276 e. The van der Waals surface area contributed by atoms with Crippen LogP contribution in [0.2, 0.25) is 0 Å². The quantitative estimate of drug-likeness (QED) is 0.242. The van der Waals surface area contributed by atoms with Gasteiger partial charge < -0.3 is 14.2 Å². The fourth-order valence-corrected chi connectivity index (χ4v) is 3.02. The minimum absolute atomic E-state index is 0.00480. The van der Waals surface area contributed by atoms with Crippen molar-refractivity contribution in [2.75, 3.05) is 21.3 Å². The van der Waals surface area contributed by atoms with Gasteiger partial charge in [0.2, 0.25) is 10.5 Å². The van der Waals surface area contributed by atoms with Crippen molar-refractivity contribution in [1.29, 1.82) is 0 Å². The summed E-state index contributed by atoms with van der Waals surface area (Å²) in [5.74, 6) is 1.78. The second-order valence-electron chi connectivity index (χ2n) is 6.02. The summed E-state index contributed by atoms with van der Waals surface area (Å²) in [6.45, 7) is 0. The summed E-state index contributed by atoms with van der Waals surface area (Å²) in [5.41, 5.74) is 1.09. The molecule has 1 heterocycles. The number of nitro benzene ring substituents is 1. The van der Waals surface area contributed by atoms with Crippen LogP contribution in [0.4, 0.5) is 5.69 Å². The van der Waals surface area contributed by atoms with Crippen LogP contribution in [0.1, 0.15) is 5.56 Å². The van der Waals surface area contributed by atoms with Crippen LogP contribution in [-0.2, 0) is 0 Å². The SMILES string of the molecule is COc1cc(-c2n[nH]c(=S)n2/N=C/C=C/c2ccccc2[N+](=O)[O-])cc(OC)c1OC. The van der Waals surface area contributed by atoms with Crippen LogP contribution in [0, 0.1) is 14.9 Å². The summed E-state index contributed by atoms with van der Waals surface area (Å²) < 4.78 is 17.8. The number of aromatic nitrogens is 3. The highest BCUT2D eigenvalue weighted by Crippen LogP contribution is 2.40. The highest BCUT2D eigenvalue weighted by molar-refractivity contribution is 7.71. The van der Waals surface area contributed by atoms with Crippen LogP contribution in [0.25, 0.3) is 17.5 Å². The molecule has 0 saturated carbocycles. The van der Waals surface area contributed by atoms with Gasteiger partial charge in [0, 0.05) is 17.8 Å². The number of ether oxygens (including phenoxy) is 3. The Labute approximate surface area is 182 Å². The molecular formula is C20H19N5O5S. The van der Waals surface area contributed by atoms with Crippen LogP contribution in [0.5, 0.6) is 17.2 Å². The summed E-state index contributed by atoms with van der Waals surface area (Å²) in [5, 5.41) is 22.4. The monoisotopic (exact) mass is 441 g/mol. The van der Waals surface area contributed by atoms with Gasteiger partial charge in [0.15, 0.2) is 17.3 Å². The molecule has 0 bridgehead atoms. The minimum atomic E-state index is -0.439. The number of methoxy groups -OCH3 is 3. The second-order valence-corrected chi connectivity index (χ2v) is 6.40. The number of hydrogen-bond acceptors (Lipinski definition) is 8. The molecule has 3 aromatic rings. The van der Waals surface area contributed by atoms with Gasteiger partial charge in [-0.05, 0) is 42.6 Å². The summed E-state index contributed by atoms with van der Waals surface area (Å²) in [4.78, 5) is 10.7. The number of allylic oxidation sites excluding steroid dienone is 1. The Morgan fingerprint density at radius 1 is 1.16 bits per heavy atom. The van der Waals surface area contributed by atoms with Gasteiger partial charge in [-0.25, -0.2) is 5.10 Å². The first-order valence-corrected chi connectivity index (χ1v) is 9.33. The van der Waals surface area contributed by atoms with E-state index in [0.29, 0.717) is 34.2 Å². The van der Waals surface area contributed by atoms with Crippen molar-refractivity contribution in [3.8, 4) is 28.6 Å². The Bertz CT molecular complexity index is 1190. The first-order valence-electron chi connectivity index (χ1n) is 8.92. The number of nitro groups is 1. The Balaban J connectivity index is 1.96. The average Bonchev–Trinajstić information content (AvgIpc) is 3.15. The van der Waals surface area contributed by atoms with Crippen LogP contribution >= 0.6 is 12.2 Å². The third kappa shape index (κ3) is 4.61. The van der Waals surface area contributed by atoms with Crippen LogP contribution in [0.3, 0.4) is 0 Å². The highest BCUT2D eigenvalue weighted by atomic mass is 32.1. The van der Waals surface area contributed by atoms with Crippen molar-refractivity contribution in [2.24, 2.45) is 5.10 Å². The summed E-state index contributed by atoms with van der Waals surface area (Å²) >= 11 is 5.27. The molecule has 10 nitrogen and oxygen atoms in total. The number of para-hydroxylation sites is 1. The molecule has 31 heavy (non-hydrogen) atoms. The van der Waals surface area contributed by atoms with E-state index in [4.69, 9.17) is 26.4 Å². The van der Waals surface area contributed by atoms with E-state index in [1.54, 1.807) is 42.5 Å². The molecule has 11 heteroatoms. The van der Waals surface area contributed by atoms with Gasteiger partial charge in [-0.2, -0.15) is 14.9 Å². The molecule has 3 rings (SSSR count). The van der Waals surface area contributed by atoms with Gasteiger partial charge in [-0.15, -0.1) is 0 Å². The zero-order valence-electron chi connectivity index (χ0n) is 16.9. The van der Waals surface area contributed by atoms with E-state index in [1.165, 1.54) is 38.3 Å². The van der Waals surface area contributed by atoms with Crippen LogP contribution in [-0.4, -0.2) is 47.3 Å². The molecule has 1 N–H and O–H groups in total. The van der Waals surface area contributed by atoms with Crippen molar-refractivity contribution >= 4 is 30.2 Å². The average molecular weight is 441 g/mol. The number of nitrogens with zero attached hydrogens (tertiary/aromatic N) is 4. The molecule has 0 unspecified atom stereocenters. The van der Waals surface area contributed by atoms with Crippen LogP contribution < -0.4 is 14.2 Å². The number of H-pyrrole nitrogens is 1. The Hall–Kier alpha value is -3.99. The summed E-state index contributed by atoms with van der Waals surface area (Å²) in [6, 6.07) is 9.86. The van der Waals surface area contributed by atoms with Crippen molar-refractivity contribution in [3.63, 3.8) is 0 Å².